The first kappa shape index (κ1) is 22.5. The van der Waals surface area contributed by atoms with Crippen LogP contribution >= 0.6 is 0 Å². The van der Waals surface area contributed by atoms with Crippen LogP contribution in [0.3, 0.4) is 0 Å². The summed E-state index contributed by atoms with van der Waals surface area (Å²) in [7, 11) is 0. The van der Waals surface area contributed by atoms with E-state index in [1.807, 2.05) is 37.3 Å². The van der Waals surface area contributed by atoms with Gasteiger partial charge < -0.3 is 19.9 Å². The topological polar surface area (TPSA) is 98.7 Å². The third-order valence-electron chi connectivity index (χ3n) is 6.95. The van der Waals surface area contributed by atoms with Gasteiger partial charge in [-0.2, -0.15) is 0 Å². The maximum absolute atomic E-state index is 13.1. The summed E-state index contributed by atoms with van der Waals surface area (Å²) >= 11 is 0. The third-order valence-corrected chi connectivity index (χ3v) is 6.95. The monoisotopic (exact) mass is 439 g/mol. The molecule has 2 fully saturated rings. The van der Waals surface area contributed by atoms with Crippen molar-refractivity contribution in [3.05, 3.63) is 52.9 Å². The Morgan fingerprint density at radius 2 is 1.97 bits per heavy atom. The highest BCUT2D eigenvalue weighted by atomic mass is 16.5. The number of likely N-dealkylation sites (tertiary alicyclic amines) is 1. The molecule has 1 aromatic heterocycles. The summed E-state index contributed by atoms with van der Waals surface area (Å²) in [6.45, 7) is 3.91. The summed E-state index contributed by atoms with van der Waals surface area (Å²) in [6.07, 6.45) is 6.90. The number of nitrogens with zero attached hydrogens (tertiary/aromatic N) is 2. The van der Waals surface area contributed by atoms with E-state index in [1.54, 1.807) is 4.90 Å². The Kier molecular flexibility index (Phi) is 6.94. The lowest BCUT2D eigenvalue weighted by molar-refractivity contribution is -0.127. The molecule has 1 atom stereocenters. The van der Waals surface area contributed by atoms with Crippen LogP contribution in [0.2, 0.25) is 0 Å². The van der Waals surface area contributed by atoms with Gasteiger partial charge in [-0.3, -0.25) is 9.59 Å². The smallest absolute Gasteiger partial charge is 0.253 e. The Morgan fingerprint density at radius 3 is 2.66 bits per heavy atom. The number of hydrogen-bond donors (Lipinski definition) is 1. The van der Waals surface area contributed by atoms with Crippen LogP contribution in [0.5, 0.6) is 0 Å². The van der Waals surface area contributed by atoms with Crippen LogP contribution in [0.1, 0.15) is 78.7 Å². The summed E-state index contributed by atoms with van der Waals surface area (Å²) in [5.74, 6) is 0.643. The van der Waals surface area contributed by atoms with Gasteiger partial charge >= 0.3 is 0 Å². The van der Waals surface area contributed by atoms with Gasteiger partial charge in [0.2, 0.25) is 5.91 Å². The average Bonchev–Trinajstić information content (AvgIpc) is 3.47. The molecule has 1 saturated heterocycles. The minimum Gasteiger partial charge on any atom is -0.377 e. The standard InChI is InChI=1S/C25H33N3O4/c1-2-31-16-18-8-10-20(11-9-18)23(29)28-13-12-25(17-28,24(26)30)15-21-14-22(27-32-21)19-6-4-3-5-7-19/h8-11,14,19H,2-7,12-13,15-17H2,1H3,(H2,26,30)/t25-/m0/s1. The van der Waals surface area contributed by atoms with Crippen molar-refractivity contribution in [3.8, 4) is 0 Å². The number of aromatic nitrogens is 1. The molecule has 0 bridgehead atoms. The molecule has 2 heterocycles. The molecule has 0 spiro atoms. The second-order valence-electron chi connectivity index (χ2n) is 9.19. The fourth-order valence-electron chi connectivity index (χ4n) is 4.96. The van der Waals surface area contributed by atoms with Crippen LogP contribution in [-0.4, -0.2) is 41.6 Å². The molecule has 2 aliphatic rings. The highest BCUT2D eigenvalue weighted by molar-refractivity contribution is 5.95. The molecule has 2 aromatic rings. The minimum atomic E-state index is -0.825. The van der Waals surface area contributed by atoms with Gasteiger partial charge in [0.1, 0.15) is 5.76 Å². The number of primary amides is 1. The van der Waals surface area contributed by atoms with Crippen molar-refractivity contribution in [2.75, 3.05) is 19.7 Å². The van der Waals surface area contributed by atoms with E-state index in [0.717, 1.165) is 24.1 Å². The van der Waals surface area contributed by atoms with E-state index < -0.39 is 11.3 Å². The van der Waals surface area contributed by atoms with Gasteiger partial charge in [0.25, 0.3) is 5.91 Å². The van der Waals surface area contributed by atoms with E-state index in [2.05, 4.69) is 5.16 Å². The van der Waals surface area contributed by atoms with Gasteiger partial charge in [-0.25, -0.2) is 0 Å². The molecule has 1 aliphatic heterocycles. The van der Waals surface area contributed by atoms with Crippen molar-refractivity contribution < 1.29 is 18.8 Å². The molecular weight excluding hydrogens is 406 g/mol. The molecule has 0 radical (unpaired) electrons. The van der Waals surface area contributed by atoms with E-state index in [-0.39, 0.29) is 5.91 Å². The highest BCUT2D eigenvalue weighted by Gasteiger charge is 2.46. The molecule has 172 valence electrons. The fraction of sp³-hybridized carbons (Fsp3) is 0.560. The van der Waals surface area contributed by atoms with Gasteiger partial charge in [-0.05, 0) is 43.9 Å². The summed E-state index contributed by atoms with van der Waals surface area (Å²) in [5.41, 5.74) is 7.63. The lowest BCUT2D eigenvalue weighted by atomic mass is 9.81. The normalized spacial score (nSPS) is 21.7. The molecule has 2 N–H and O–H groups in total. The summed E-state index contributed by atoms with van der Waals surface area (Å²) in [6, 6.07) is 9.42. The molecule has 2 amide bonds. The fourth-order valence-corrected chi connectivity index (χ4v) is 4.96. The van der Waals surface area contributed by atoms with Crippen molar-refractivity contribution in [2.24, 2.45) is 11.1 Å². The number of rotatable bonds is 8. The zero-order valence-corrected chi connectivity index (χ0v) is 18.8. The van der Waals surface area contributed by atoms with Crippen molar-refractivity contribution in [1.29, 1.82) is 0 Å². The number of amides is 2. The van der Waals surface area contributed by atoms with E-state index >= 15 is 0 Å². The molecule has 4 rings (SSSR count). The third kappa shape index (κ3) is 4.88. The predicted molar refractivity (Wildman–Crippen MR) is 120 cm³/mol. The van der Waals surface area contributed by atoms with Crippen LogP contribution in [0.15, 0.2) is 34.9 Å². The largest absolute Gasteiger partial charge is 0.377 e. The van der Waals surface area contributed by atoms with Crippen LogP contribution in [0.25, 0.3) is 0 Å². The van der Waals surface area contributed by atoms with Gasteiger partial charge in [-0.1, -0.05) is 36.6 Å². The summed E-state index contributed by atoms with van der Waals surface area (Å²) in [4.78, 5) is 27.3. The molecule has 7 nitrogen and oxygen atoms in total. The molecule has 32 heavy (non-hydrogen) atoms. The summed E-state index contributed by atoms with van der Waals surface area (Å²) < 4.78 is 11.0. The van der Waals surface area contributed by atoms with Crippen molar-refractivity contribution in [1.82, 2.24) is 10.1 Å². The quantitative estimate of drug-likeness (QED) is 0.674. The number of nitrogens with two attached hydrogens (primary N) is 1. The number of carbonyl (C=O) groups is 2. The molecule has 1 aromatic carbocycles. The van der Waals surface area contributed by atoms with Crippen molar-refractivity contribution >= 4 is 11.8 Å². The number of hydrogen-bond acceptors (Lipinski definition) is 5. The van der Waals surface area contributed by atoms with Crippen molar-refractivity contribution in [3.63, 3.8) is 0 Å². The number of benzene rings is 1. The molecule has 0 unspecified atom stereocenters. The Labute approximate surface area is 189 Å². The van der Waals surface area contributed by atoms with Gasteiger partial charge in [0.05, 0.1) is 17.7 Å². The molecule has 1 saturated carbocycles. The molecule has 7 heteroatoms. The number of ether oxygens (including phenoxy) is 1. The van der Waals surface area contributed by atoms with Gasteiger partial charge in [0, 0.05) is 43.7 Å². The zero-order valence-electron chi connectivity index (χ0n) is 18.8. The Morgan fingerprint density at radius 1 is 1.22 bits per heavy atom. The van der Waals surface area contributed by atoms with Crippen LogP contribution in [0, 0.1) is 5.41 Å². The van der Waals surface area contributed by atoms with Crippen LogP contribution in [-0.2, 0) is 22.6 Å². The Balaban J connectivity index is 1.42. The first-order valence-corrected chi connectivity index (χ1v) is 11.7. The zero-order chi connectivity index (χ0) is 22.6. The van der Waals surface area contributed by atoms with Gasteiger partial charge in [0.15, 0.2) is 0 Å². The van der Waals surface area contributed by atoms with E-state index in [1.165, 1.54) is 19.3 Å². The average molecular weight is 440 g/mol. The maximum atomic E-state index is 13.1. The first-order chi connectivity index (χ1) is 15.5. The second kappa shape index (κ2) is 9.86. The Bertz CT molecular complexity index is 933. The molecule has 1 aliphatic carbocycles. The lowest BCUT2D eigenvalue weighted by Crippen LogP contribution is -2.42. The predicted octanol–water partition coefficient (Wildman–Crippen LogP) is 3.82. The van der Waals surface area contributed by atoms with E-state index in [0.29, 0.717) is 56.4 Å². The highest BCUT2D eigenvalue weighted by Crippen LogP contribution is 2.37. The van der Waals surface area contributed by atoms with E-state index in [4.69, 9.17) is 15.0 Å². The molecular formula is C25H33N3O4. The number of carbonyl (C=O) groups excluding carboxylic acids is 2. The van der Waals surface area contributed by atoms with E-state index in [9.17, 15) is 9.59 Å². The minimum absolute atomic E-state index is 0.0865. The van der Waals surface area contributed by atoms with Gasteiger partial charge in [-0.15, -0.1) is 0 Å². The summed E-state index contributed by atoms with van der Waals surface area (Å²) in [5, 5.41) is 4.29. The van der Waals surface area contributed by atoms with Crippen LogP contribution in [0.4, 0.5) is 0 Å². The second-order valence-corrected chi connectivity index (χ2v) is 9.19. The van der Waals surface area contributed by atoms with Crippen molar-refractivity contribution in [2.45, 2.75) is 64.4 Å². The lowest BCUT2D eigenvalue weighted by Gasteiger charge is -2.25. The van der Waals surface area contributed by atoms with Crippen LogP contribution < -0.4 is 5.73 Å². The maximum Gasteiger partial charge on any atom is 0.253 e. The first-order valence-electron chi connectivity index (χ1n) is 11.7. The SMILES string of the molecule is CCOCc1ccc(C(=O)N2CC[C@@](Cc3cc(C4CCCCC4)no3)(C(N)=O)C2)cc1. The Hall–Kier alpha value is -2.67.